The summed E-state index contributed by atoms with van der Waals surface area (Å²) < 4.78 is 11.0. The molecule has 84 valence electrons. The van der Waals surface area contributed by atoms with Crippen LogP contribution in [0, 0.1) is 0 Å². The van der Waals surface area contributed by atoms with Gasteiger partial charge in [0.2, 0.25) is 0 Å². The molecule has 0 unspecified atom stereocenters. The maximum atomic E-state index is 9.84. The maximum Gasteiger partial charge on any atom is 0.168 e. The molecule has 0 atom stereocenters. The molecule has 0 aliphatic carbocycles. The first-order valence-corrected chi connectivity index (χ1v) is 5.21. The molecule has 0 bridgehead atoms. The smallest absolute Gasteiger partial charge is 0.168 e. The predicted octanol–water partition coefficient (Wildman–Crippen LogP) is 1.89. The summed E-state index contributed by atoms with van der Waals surface area (Å²) in [6.07, 6.45) is 0. The van der Waals surface area contributed by atoms with Crippen LogP contribution in [0.3, 0.4) is 0 Å². The molecule has 0 fully saturated rings. The van der Waals surface area contributed by atoms with Gasteiger partial charge in [-0.3, -0.25) is 0 Å². The molecule has 0 radical (unpaired) electrons. The summed E-state index contributed by atoms with van der Waals surface area (Å²) >= 11 is 3.26. The van der Waals surface area contributed by atoms with E-state index in [1.807, 2.05) is 0 Å². The van der Waals surface area contributed by atoms with Gasteiger partial charge in [-0.25, -0.2) is 0 Å². The number of hydrogen-bond acceptors (Lipinski definition) is 4. The van der Waals surface area contributed by atoms with Crippen molar-refractivity contribution in [3.63, 3.8) is 0 Å². The minimum absolute atomic E-state index is 0.169. The molecule has 0 aliphatic heterocycles. The first-order chi connectivity index (χ1) is 7.15. The summed E-state index contributed by atoms with van der Waals surface area (Å²) in [4.78, 5) is 0. The Morgan fingerprint density at radius 3 is 2.53 bits per heavy atom. The standard InChI is InChI=1S/C10H14BrNO3/c1-12-5-6-9(13)7(11)4-8(14-2)10(6)15-3/h4,12-13H,5H2,1-3H3. The molecule has 15 heavy (non-hydrogen) atoms. The topological polar surface area (TPSA) is 50.7 Å². The molecule has 0 aliphatic rings. The first kappa shape index (κ1) is 12.1. The second-order valence-electron chi connectivity index (χ2n) is 2.95. The molecule has 0 heterocycles. The molecular formula is C10H14BrNO3. The molecule has 1 rings (SSSR count). The fourth-order valence-corrected chi connectivity index (χ4v) is 1.81. The van der Waals surface area contributed by atoms with Crippen molar-refractivity contribution in [1.82, 2.24) is 5.32 Å². The third-order valence-corrected chi connectivity index (χ3v) is 2.65. The van der Waals surface area contributed by atoms with Gasteiger partial charge in [0.25, 0.3) is 0 Å². The lowest BCUT2D eigenvalue weighted by Crippen LogP contribution is -2.08. The highest BCUT2D eigenvalue weighted by atomic mass is 79.9. The Labute approximate surface area is 97.3 Å². The van der Waals surface area contributed by atoms with Gasteiger partial charge in [-0.2, -0.15) is 0 Å². The van der Waals surface area contributed by atoms with E-state index in [0.29, 0.717) is 28.1 Å². The van der Waals surface area contributed by atoms with Crippen LogP contribution in [0.25, 0.3) is 0 Å². The quantitative estimate of drug-likeness (QED) is 0.881. The van der Waals surface area contributed by atoms with Gasteiger partial charge in [0, 0.05) is 12.6 Å². The van der Waals surface area contributed by atoms with Crippen molar-refractivity contribution in [2.45, 2.75) is 6.54 Å². The average molecular weight is 276 g/mol. The van der Waals surface area contributed by atoms with Crippen LogP contribution in [0.4, 0.5) is 0 Å². The first-order valence-electron chi connectivity index (χ1n) is 4.42. The van der Waals surface area contributed by atoms with Crippen molar-refractivity contribution in [2.24, 2.45) is 0 Å². The summed E-state index contributed by atoms with van der Waals surface area (Å²) in [5.41, 5.74) is 0.672. The van der Waals surface area contributed by atoms with E-state index < -0.39 is 0 Å². The number of phenolic OH excluding ortho intramolecular Hbond substituents is 1. The molecule has 4 nitrogen and oxygen atoms in total. The monoisotopic (exact) mass is 275 g/mol. The average Bonchev–Trinajstić information content (AvgIpc) is 2.24. The fourth-order valence-electron chi connectivity index (χ4n) is 1.37. The minimum atomic E-state index is 0.169. The SMILES string of the molecule is CNCc1c(O)c(Br)cc(OC)c1OC. The molecule has 0 amide bonds. The molecule has 5 heteroatoms. The maximum absolute atomic E-state index is 9.84. The van der Waals surface area contributed by atoms with Crippen molar-refractivity contribution >= 4 is 15.9 Å². The third-order valence-electron chi connectivity index (χ3n) is 2.05. The van der Waals surface area contributed by atoms with Crippen LogP contribution in [0.1, 0.15) is 5.56 Å². The Morgan fingerprint density at radius 1 is 1.40 bits per heavy atom. The number of hydrogen-bond donors (Lipinski definition) is 2. The van der Waals surface area contributed by atoms with E-state index in [4.69, 9.17) is 9.47 Å². The number of rotatable bonds is 4. The zero-order valence-corrected chi connectivity index (χ0v) is 10.5. The van der Waals surface area contributed by atoms with Gasteiger partial charge < -0.3 is 19.9 Å². The Morgan fingerprint density at radius 2 is 2.07 bits per heavy atom. The van der Waals surface area contributed by atoms with Crippen molar-refractivity contribution in [3.8, 4) is 17.2 Å². The van der Waals surface area contributed by atoms with E-state index in [-0.39, 0.29) is 5.75 Å². The fraction of sp³-hybridized carbons (Fsp3) is 0.400. The summed E-state index contributed by atoms with van der Waals surface area (Å²) in [5.74, 6) is 1.31. The zero-order valence-electron chi connectivity index (χ0n) is 8.93. The summed E-state index contributed by atoms with van der Waals surface area (Å²) in [5, 5.41) is 12.8. The summed E-state index contributed by atoms with van der Waals surface area (Å²) in [6.45, 7) is 0.505. The van der Waals surface area contributed by atoms with Crippen molar-refractivity contribution < 1.29 is 14.6 Å². The van der Waals surface area contributed by atoms with Crippen LogP contribution in [-0.2, 0) is 6.54 Å². The zero-order chi connectivity index (χ0) is 11.4. The minimum Gasteiger partial charge on any atom is -0.506 e. The van der Waals surface area contributed by atoms with Crippen LogP contribution >= 0.6 is 15.9 Å². The van der Waals surface area contributed by atoms with Gasteiger partial charge in [0.15, 0.2) is 11.5 Å². The van der Waals surface area contributed by atoms with Crippen molar-refractivity contribution in [3.05, 3.63) is 16.1 Å². The van der Waals surface area contributed by atoms with Crippen molar-refractivity contribution in [1.29, 1.82) is 0 Å². The largest absolute Gasteiger partial charge is 0.506 e. The molecular weight excluding hydrogens is 262 g/mol. The van der Waals surface area contributed by atoms with Gasteiger partial charge >= 0.3 is 0 Å². The highest BCUT2D eigenvalue weighted by Crippen LogP contribution is 2.41. The van der Waals surface area contributed by atoms with E-state index in [9.17, 15) is 5.11 Å². The molecule has 0 aromatic heterocycles. The van der Waals surface area contributed by atoms with Gasteiger partial charge in [-0.05, 0) is 23.0 Å². The highest BCUT2D eigenvalue weighted by molar-refractivity contribution is 9.10. The lowest BCUT2D eigenvalue weighted by molar-refractivity contribution is 0.345. The van der Waals surface area contributed by atoms with E-state index in [0.717, 1.165) is 0 Å². The molecule has 2 N–H and O–H groups in total. The number of halogens is 1. The Kier molecular flexibility index (Phi) is 4.23. The molecule has 0 spiro atoms. The molecule has 0 saturated heterocycles. The highest BCUT2D eigenvalue weighted by Gasteiger charge is 2.17. The van der Waals surface area contributed by atoms with Crippen LogP contribution in [0.5, 0.6) is 17.2 Å². The Bertz CT molecular complexity index is 355. The molecule has 0 saturated carbocycles. The number of methoxy groups -OCH3 is 2. The Hall–Kier alpha value is -0.940. The number of aromatic hydroxyl groups is 1. The van der Waals surface area contributed by atoms with Gasteiger partial charge in [0.05, 0.1) is 24.3 Å². The van der Waals surface area contributed by atoms with Gasteiger partial charge in [0.1, 0.15) is 5.75 Å². The van der Waals surface area contributed by atoms with Crippen LogP contribution < -0.4 is 14.8 Å². The second-order valence-corrected chi connectivity index (χ2v) is 3.81. The predicted molar refractivity (Wildman–Crippen MR) is 61.7 cm³/mol. The van der Waals surface area contributed by atoms with E-state index in [1.54, 1.807) is 27.3 Å². The van der Waals surface area contributed by atoms with E-state index >= 15 is 0 Å². The van der Waals surface area contributed by atoms with E-state index in [1.165, 1.54) is 0 Å². The van der Waals surface area contributed by atoms with Crippen LogP contribution in [-0.4, -0.2) is 26.4 Å². The number of ether oxygens (including phenoxy) is 2. The number of phenols is 1. The van der Waals surface area contributed by atoms with E-state index in [2.05, 4.69) is 21.2 Å². The lowest BCUT2D eigenvalue weighted by atomic mass is 10.1. The number of benzene rings is 1. The van der Waals surface area contributed by atoms with Crippen LogP contribution in [0.2, 0.25) is 0 Å². The van der Waals surface area contributed by atoms with Gasteiger partial charge in [-0.1, -0.05) is 0 Å². The lowest BCUT2D eigenvalue weighted by Gasteiger charge is -2.15. The Balaban J connectivity index is 3.35. The summed E-state index contributed by atoms with van der Waals surface area (Å²) in [6, 6.07) is 1.67. The molecule has 1 aromatic carbocycles. The number of nitrogens with one attached hydrogen (secondary N) is 1. The third kappa shape index (κ3) is 2.35. The summed E-state index contributed by atoms with van der Waals surface area (Å²) in [7, 11) is 4.90. The molecule has 1 aromatic rings. The van der Waals surface area contributed by atoms with Crippen molar-refractivity contribution in [2.75, 3.05) is 21.3 Å². The normalized spacial score (nSPS) is 10.1. The van der Waals surface area contributed by atoms with Gasteiger partial charge in [-0.15, -0.1) is 0 Å². The van der Waals surface area contributed by atoms with Crippen LogP contribution in [0.15, 0.2) is 10.5 Å². The second kappa shape index (κ2) is 5.23.